The Labute approximate surface area is 125 Å². The molecule has 2 rings (SSSR count). The molecule has 1 aromatic heterocycles. The standard InChI is InChI=1S/C17H21N3O/c1-4-7-18-16-15(6-5-8-19-16)17(21)20-14-10-12(2)9-13(3)11-14/h5-6,8-11H,4,7H2,1-3H3,(H,18,19)(H,20,21). The number of anilines is 2. The number of carbonyl (C=O) groups excluding carboxylic acids is 1. The van der Waals surface area contributed by atoms with Gasteiger partial charge in [0.05, 0.1) is 5.56 Å². The van der Waals surface area contributed by atoms with E-state index in [1.54, 1.807) is 18.3 Å². The van der Waals surface area contributed by atoms with Crippen LogP contribution in [0.25, 0.3) is 0 Å². The number of pyridine rings is 1. The second kappa shape index (κ2) is 6.88. The lowest BCUT2D eigenvalue weighted by atomic mass is 10.1. The summed E-state index contributed by atoms with van der Waals surface area (Å²) in [7, 11) is 0. The summed E-state index contributed by atoms with van der Waals surface area (Å²) < 4.78 is 0. The Morgan fingerprint density at radius 3 is 2.57 bits per heavy atom. The summed E-state index contributed by atoms with van der Waals surface area (Å²) in [5.74, 6) is 0.480. The number of rotatable bonds is 5. The molecule has 2 N–H and O–H groups in total. The predicted octanol–water partition coefficient (Wildman–Crippen LogP) is 3.77. The van der Waals surface area contributed by atoms with Crippen molar-refractivity contribution in [1.29, 1.82) is 0 Å². The molecule has 1 amide bonds. The number of aryl methyl sites for hydroxylation is 2. The summed E-state index contributed by atoms with van der Waals surface area (Å²) >= 11 is 0. The third kappa shape index (κ3) is 4.05. The summed E-state index contributed by atoms with van der Waals surface area (Å²) in [5.41, 5.74) is 3.62. The molecule has 21 heavy (non-hydrogen) atoms. The van der Waals surface area contributed by atoms with Gasteiger partial charge in [-0.2, -0.15) is 0 Å². The van der Waals surface area contributed by atoms with Crippen LogP contribution < -0.4 is 10.6 Å². The average molecular weight is 283 g/mol. The molecule has 0 unspecified atom stereocenters. The zero-order valence-electron chi connectivity index (χ0n) is 12.7. The Morgan fingerprint density at radius 1 is 1.19 bits per heavy atom. The summed E-state index contributed by atoms with van der Waals surface area (Å²) in [6.45, 7) is 6.90. The molecule has 0 bridgehead atoms. The molecule has 110 valence electrons. The van der Waals surface area contributed by atoms with Crippen LogP contribution in [0.4, 0.5) is 11.5 Å². The van der Waals surface area contributed by atoms with Gasteiger partial charge in [-0.1, -0.05) is 13.0 Å². The van der Waals surface area contributed by atoms with Crippen LogP contribution in [0.3, 0.4) is 0 Å². The van der Waals surface area contributed by atoms with Crippen molar-refractivity contribution < 1.29 is 4.79 Å². The van der Waals surface area contributed by atoms with Gasteiger partial charge >= 0.3 is 0 Å². The molecule has 1 heterocycles. The van der Waals surface area contributed by atoms with Gasteiger partial charge in [0, 0.05) is 18.4 Å². The van der Waals surface area contributed by atoms with Crippen molar-refractivity contribution in [2.75, 3.05) is 17.2 Å². The zero-order valence-corrected chi connectivity index (χ0v) is 12.7. The highest BCUT2D eigenvalue weighted by atomic mass is 16.1. The van der Waals surface area contributed by atoms with Crippen LogP contribution in [-0.2, 0) is 0 Å². The van der Waals surface area contributed by atoms with Gasteiger partial charge in [0.2, 0.25) is 0 Å². The first-order valence-electron chi connectivity index (χ1n) is 7.18. The molecule has 0 saturated heterocycles. The number of nitrogens with zero attached hydrogens (tertiary/aromatic N) is 1. The SMILES string of the molecule is CCCNc1ncccc1C(=O)Nc1cc(C)cc(C)c1. The van der Waals surface area contributed by atoms with Crippen LogP contribution in [0, 0.1) is 13.8 Å². The molecule has 0 saturated carbocycles. The van der Waals surface area contributed by atoms with Crippen molar-refractivity contribution in [3.05, 3.63) is 53.2 Å². The molecule has 0 aliphatic heterocycles. The second-order valence-corrected chi connectivity index (χ2v) is 5.16. The van der Waals surface area contributed by atoms with E-state index < -0.39 is 0 Å². The van der Waals surface area contributed by atoms with Crippen LogP contribution in [0.5, 0.6) is 0 Å². The van der Waals surface area contributed by atoms with Gasteiger partial charge in [-0.15, -0.1) is 0 Å². The molecule has 4 heteroatoms. The molecule has 0 radical (unpaired) electrons. The zero-order chi connectivity index (χ0) is 15.2. The highest BCUT2D eigenvalue weighted by molar-refractivity contribution is 6.07. The second-order valence-electron chi connectivity index (χ2n) is 5.16. The van der Waals surface area contributed by atoms with Crippen LogP contribution >= 0.6 is 0 Å². The van der Waals surface area contributed by atoms with Crippen molar-refractivity contribution in [3.8, 4) is 0 Å². The third-order valence-corrected chi connectivity index (χ3v) is 3.07. The Hall–Kier alpha value is -2.36. The summed E-state index contributed by atoms with van der Waals surface area (Å²) in [5, 5.41) is 6.12. The van der Waals surface area contributed by atoms with E-state index in [-0.39, 0.29) is 5.91 Å². The molecule has 0 aliphatic carbocycles. The van der Waals surface area contributed by atoms with Crippen LogP contribution in [-0.4, -0.2) is 17.4 Å². The van der Waals surface area contributed by atoms with Crippen molar-refractivity contribution in [2.24, 2.45) is 0 Å². The fraction of sp³-hybridized carbons (Fsp3) is 0.294. The van der Waals surface area contributed by atoms with Gasteiger partial charge in [0.15, 0.2) is 0 Å². The summed E-state index contributed by atoms with van der Waals surface area (Å²) in [6.07, 6.45) is 2.67. The van der Waals surface area contributed by atoms with E-state index in [1.807, 2.05) is 26.0 Å². The Balaban J connectivity index is 2.20. The first-order valence-corrected chi connectivity index (χ1v) is 7.18. The van der Waals surface area contributed by atoms with Crippen molar-refractivity contribution >= 4 is 17.4 Å². The maximum atomic E-state index is 12.4. The molecule has 2 aromatic rings. The van der Waals surface area contributed by atoms with Crippen molar-refractivity contribution in [2.45, 2.75) is 27.2 Å². The lowest BCUT2D eigenvalue weighted by Gasteiger charge is -2.11. The van der Waals surface area contributed by atoms with Gasteiger partial charge in [0.25, 0.3) is 5.91 Å². The highest BCUT2D eigenvalue weighted by Gasteiger charge is 2.12. The van der Waals surface area contributed by atoms with Crippen LogP contribution in [0.2, 0.25) is 0 Å². The number of aromatic nitrogens is 1. The number of benzene rings is 1. The third-order valence-electron chi connectivity index (χ3n) is 3.07. The number of amides is 1. The lowest BCUT2D eigenvalue weighted by Crippen LogP contribution is -2.16. The Kier molecular flexibility index (Phi) is 4.93. The van der Waals surface area contributed by atoms with Gasteiger partial charge in [-0.25, -0.2) is 4.98 Å². The molecule has 4 nitrogen and oxygen atoms in total. The molecule has 0 fully saturated rings. The summed E-state index contributed by atoms with van der Waals surface area (Å²) in [6, 6.07) is 9.55. The number of hydrogen-bond donors (Lipinski definition) is 2. The van der Waals surface area contributed by atoms with Gasteiger partial charge in [0.1, 0.15) is 5.82 Å². The summed E-state index contributed by atoms with van der Waals surface area (Å²) in [4.78, 5) is 16.7. The monoisotopic (exact) mass is 283 g/mol. The number of nitrogens with one attached hydrogen (secondary N) is 2. The quantitative estimate of drug-likeness (QED) is 0.878. The molecule has 0 spiro atoms. The largest absolute Gasteiger partial charge is 0.369 e. The molecule has 1 aromatic carbocycles. The van der Waals surface area contributed by atoms with E-state index >= 15 is 0 Å². The molecular formula is C17H21N3O. The molecule has 0 atom stereocenters. The predicted molar refractivity (Wildman–Crippen MR) is 86.9 cm³/mol. The Morgan fingerprint density at radius 2 is 1.90 bits per heavy atom. The minimum absolute atomic E-state index is 0.147. The van der Waals surface area contributed by atoms with E-state index in [9.17, 15) is 4.79 Å². The van der Waals surface area contributed by atoms with E-state index in [2.05, 4.69) is 28.6 Å². The maximum absolute atomic E-state index is 12.4. The Bertz CT molecular complexity index is 617. The fourth-order valence-electron chi connectivity index (χ4n) is 2.22. The first-order chi connectivity index (χ1) is 10.1. The lowest BCUT2D eigenvalue weighted by molar-refractivity contribution is 0.102. The minimum atomic E-state index is -0.147. The normalized spacial score (nSPS) is 10.2. The molecule has 0 aliphatic rings. The van der Waals surface area contributed by atoms with Crippen molar-refractivity contribution in [1.82, 2.24) is 4.98 Å². The average Bonchev–Trinajstić information content (AvgIpc) is 2.44. The fourth-order valence-corrected chi connectivity index (χ4v) is 2.22. The van der Waals surface area contributed by atoms with E-state index in [1.165, 1.54) is 0 Å². The minimum Gasteiger partial charge on any atom is -0.369 e. The van der Waals surface area contributed by atoms with E-state index in [0.717, 1.165) is 29.8 Å². The van der Waals surface area contributed by atoms with Crippen LogP contribution in [0.15, 0.2) is 36.5 Å². The highest BCUT2D eigenvalue weighted by Crippen LogP contribution is 2.17. The van der Waals surface area contributed by atoms with Gasteiger partial charge < -0.3 is 10.6 Å². The van der Waals surface area contributed by atoms with E-state index in [0.29, 0.717) is 11.4 Å². The first kappa shape index (κ1) is 15.0. The van der Waals surface area contributed by atoms with Gasteiger partial charge in [-0.05, 0) is 55.7 Å². The molecular weight excluding hydrogens is 262 g/mol. The van der Waals surface area contributed by atoms with Crippen LogP contribution in [0.1, 0.15) is 34.8 Å². The van der Waals surface area contributed by atoms with Gasteiger partial charge in [-0.3, -0.25) is 4.79 Å². The smallest absolute Gasteiger partial charge is 0.259 e. The van der Waals surface area contributed by atoms with Crippen molar-refractivity contribution in [3.63, 3.8) is 0 Å². The van der Waals surface area contributed by atoms with E-state index in [4.69, 9.17) is 0 Å². The number of carbonyl (C=O) groups is 1. The number of hydrogen-bond acceptors (Lipinski definition) is 3. The maximum Gasteiger partial charge on any atom is 0.259 e. The topological polar surface area (TPSA) is 54.0 Å².